The molecule has 1 aromatic rings. The number of carbonyl (C=O) groups excluding carboxylic acids is 1. The topological polar surface area (TPSA) is 72.5 Å². The third-order valence-corrected chi connectivity index (χ3v) is 2.94. The van der Waals surface area contributed by atoms with Gasteiger partial charge in [-0.1, -0.05) is 16.6 Å². The molecule has 0 radical (unpaired) electrons. The summed E-state index contributed by atoms with van der Waals surface area (Å²) in [5, 5.41) is 5.55. The van der Waals surface area contributed by atoms with Crippen molar-refractivity contribution < 1.29 is 14.1 Å². The number of ether oxygens (including phenoxy) is 1. The van der Waals surface area contributed by atoms with E-state index in [4.69, 9.17) is 5.14 Å². The fraction of sp³-hybridized carbons (Fsp3) is 0.222. The van der Waals surface area contributed by atoms with Crippen LogP contribution >= 0.6 is 10.5 Å². The van der Waals surface area contributed by atoms with Gasteiger partial charge in [0.05, 0.1) is 12.7 Å². The smallest absolute Gasteiger partial charge is 0.337 e. The number of carbonyl (C=O) groups is 1. The molecular weight excluding hydrogens is 202 g/mol. The van der Waals surface area contributed by atoms with Gasteiger partial charge in [0.25, 0.3) is 0 Å². The van der Waals surface area contributed by atoms with Crippen LogP contribution in [0.25, 0.3) is 0 Å². The van der Waals surface area contributed by atoms with Gasteiger partial charge in [-0.05, 0) is 18.2 Å². The molecule has 0 aliphatic heterocycles. The second-order valence-electron chi connectivity index (χ2n) is 2.96. The van der Waals surface area contributed by atoms with E-state index >= 15 is 0 Å². The van der Waals surface area contributed by atoms with E-state index in [1.165, 1.54) is 13.4 Å². The highest BCUT2D eigenvalue weighted by Crippen LogP contribution is 2.40. The molecule has 0 saturated heterocycles. The number of methoxy groups -OCH3 is 1. The highest BCUT2D eigenvalue weighted by atomic mass is 32.3. The molecule has 3 N–H and O–H groups in total. The van der Waals surface area contributed by atoms with E-state index in [-0.39, 0.29) is 0 Å². The van der Waals surface area contributed by atoms with Gasteiger partial charge in [-0.15, -0.1) is 0 Å². The molecule has 0 spiro atoms. The maximum absolute atomic E-state index is 11.2. The fourth-order valence-corrected chi connectivity index (χ4v) is 1.72. The molecule has 14 heavy (non-hydrogen) atoms. The Morgan fingerprint density at radius 3 is 2.71 bits per heavy atom. The van der Waals surface area contributed by atoms with E-state index in [1.54, 1.807) is 24.3 Å². The molecule has 0 heterocycles. The van der Waals surface area contributed by atoms with Crippen LogP contribution in [-0.2, 0) is 4.74 Å². The monoisotopic (exact) mass is 215 g/mol. The van der Waals surface area contributed by atoms with Gasteiger partial charge in [-0.2, -0.15) is 0 Å². The lowest BCUT2D eigenvalue weighted by Crippen LogP contribution is -2.09. The number of hydrogen-bond acceptors (Lipinski definition) is 4. The largest absolute Gasteiger partial charge is 0.465 e. The van der Waals surface area contributed by atoms with Gasteiger partial charge in [0.2, 0.25) is 0 Å². The van der Waals surface area contributed by atoms with E-state index in [2.05, 4.69) is 4.74 Å². The Bertz CT molecular complexity index is 346. The molecule has 1 unspecified atom stereocenters. The lowest BCUT2D eigenvalue weighted by molar-refractivity contribution is 0.0600. The molecule has 0 aromatic heterocycles. The average Bonchev–Trinajstić information content (AvgIpc) is 2.15. The van der Waals surface area contributed by atoms with Crippen LogP contribution in [-0.4, -0.2) is 23.9 Å². The van der Waals surface area contributed by atoms with Crippen LogP contribution in [0.3, 0.4) is 0 Å². The second-order valence-corrected chi connectivity index (χ2v) is 5.30. The molecule has 0 amide bonds. The van der Waals surface area contributed by atoms with Crippen molar-refractivity contribution in [1.29, 1.82) is 0 Å². The summed E-state index contributed by atoms with van der Waals surface area (Å²) in [6.07, 6.45) is 1.53. The number of esters is 1. The Kier molecular flexibility index (Phi) is 3.15. The molecule has 1 atom stereocenters. The van der Waals surface area contributed by atoms with Crippen molar-refractivity contribution in [3.8, 4) is 0 Å². The van der Waals surface area contributed by atoms with Crippen molar-refractivity contribution in [3.63, 3.8) is 0 Å². The van der Waals surface area contributed by atoms with Gasteiger partial charge in [0.15, 0.2) is 0 Å². The summed E-state index contributed by atoms with van der Waals surface area (Å²) in [5.74, 6) is -0.435. The molecule has 0 aliphatic carbocycles. The second kappa shape index (κ2) is 4.00. The third kappa shape index (κ3) is 2.47. The van der Waals surface area contributed by atoms with Gasteiger partial charge >= 0.3 is 5.97 Å². The minimum absolute atomic E-state index is 0.392. The van der Waals surface area contributed by atoms with Crippen molar-refractivity contribution in [3.05, 3.63) is 29.8 Å². The number of rotatable bonds is 2. The minimum Gasteiger partial charge on any atom is -0.465 e. The van der Waals surface area contributed by atoms with Crippen LogP contribution < -0.4 is 5.14 Å². The zero-order valence-electron chi connectivity index (χ0n) is 8.06. The Morgan fingerprint density at radius 2 is 2.21 bits per heavy atom. The number of nitrogens with two attached hydrogens (primary N) is 1. The standard InChI is InChI=1S/C9H13NO3S/c1-13-9(11)7-4-3-5-8(6-7)14(2,10)12/h3-6,12H,10H2,1-2H3. The zero-order chi connectivity index (χ0) is 10.8. The maximum Gasteiger partial charge on any atom is 0.337 e. The van der Waals surface area contributed by atoms with Crippen LogP contribution in [0.2, 0.25) is 0 Å². The Hall–Kier alpha value is -1.04. The normalized spacial score (nSPS) is 16.9. The molecule has 1 rings (SSSR count). The molecule has 0 fully saturated rings. The van der Waals surface area contributed by atoms with Gasteiger partial charge in [-0.3, -0.25) is 5.14 Å². The third-order valence-electron chi connectivity index (χ3n) is 1.73. The Balaban J connectivity index is 3.08. The SMILES string of the molecule is COC(=O)c1cccc(S(C)(N)O)c1. The highest BCUT2D eigenvalue weighted by Gasteiger charge is 2.13. The molecule has 4 nitrogen and oxygen atoms in total. The van der Waals surface area contributed by atoms with Crippen LogP contribution in [0, 0.1) is 0 Å². The molecule has 1 aromatic carbocycles. The summed E-state index contributed by atoms with van der Waals surface area (Å²) < 4.78 is 14.1. The van der Waals surface area contributed by atoms with E-state index in [0.29, 0.717) is 10.5 Å². The molecule has 0 aliphatic rings. The van der Waals surface area contributed by atoms with Crippen LogP contribution in [0.1, 0.15) is 10.4 Å². The first-order chi connectivity index (χ1) is 6.45. The molecule has 5 heteroatoms. The van der Waals surface area contributed by atoms with Crippen molar-refractivity contribution >= 4 is 16.5 Å². The van der Waals surface area contributed by atoms with E-state index in [0.717, 1.165) is 0 Å². The van der Waals surface area contributed by atoms with Crippen molar-refractivity contribution in [1.82, 2.24) is 0 Å². The lowest BCUT2D eigenvalue weighted by Gasteiger charge is -2.23. The first-order valence-corrected chi connectivity index (χ1v) is 5.98. The van der Waals surface area contributed by atoms with Crippen LogP contribution in [0.5, 0.6) is 0 Å². The molecular formula is C9H13NO3S. The van der Waals surface area contributed by atoms with Crippen molar-refractivity contribution in [2.24, 2.45) is 5.14 Å². The molecule has 0 bridgehead atoms. The Morgan fingerprint density at radius 1 is 1.57 bits per heavy atom. The van der Waals surface area contributed by atoms with Crippen LogP contribution in [0.15, 0.2) is 29.2 Å². The fourth-order valence-electron chi connectivity index (χ4n) is 0.998. The summed E-state index contributed by atoms with van der Waals surface area (Å²) in [7, 11) is -0.967. The molecule has 78 valence electrons. The van der Waals surface area contributed by atoms with Gasteiger partial charge in [0, 0.05) is 11.2 Å². The van der Waals surface area contributed by atoms with Gasteiger partial charge in [0.1, 0.15) is 0 Å². The Labute approximate surface area is 84.3 Å². The van der Waals surface area contributed by atoms with Crippen molar-refractivity contribution in [2.45, 2.75) is 4.90 Å². The van der Waals surface area contributed by atoms with Crippen molar-refractivity contribution in [2.75, 3.05) is 13.4 Å². The number of hydrogen-bond donors (Lipinski definition) is 2. The van der Waals surface area contributed by atoms with Crippen LogP contribution in [0.4, 0.5) is 0 Å². The molecule has 0 saturated carbocycles. The van der Waals surface area contributed by atoms with Gasteiger partial charge < -0.3 is 9.29 Å². The quantitative estimate of drug-likeness (QED) is 0.735. The summed E-state index contributed by atoms with van der Waals surface area (Å²) in [6.45, 7) is 0. The minimum atomic E-state index is -2.27. The summed E-state index contributed by atoms with van der Waals surface area (Å²) in [4.78, 5) is 11.7. The van der Waals surface area contributed by atoms with E-state index in [1.807, 2.05) is 0 Å². The van der Waals surface area contributed by atoms with E-state index in [9.17, 15) is 9.35 Å². The average molecular weight is 215 g/mol. The zero-order valence-corrected chi connectivity index (χ0v) is 8.88. The number of benzene rings is 1. The van der Waals surface area contributed by atoms with E-state index < -0.39 is 16.5 Å². The first kappa shape index (κ1) is 11.0. The first-order valence-electron chi connectivity index (χ1n) is 3.92. The van der Waals surface area contributed by atoms with Gasteiger partial charge in [-0.25, -0.2) is 4.79 Å². The summed E-state index contributed by atoms with van der Waals surface area (Å²) >= 11 is 0. The summed E-state index contributed by atoms with van der Waals surface area (Å²) in [6, 6.07) is 6.50. The highest BCUT2D eigenvalue weighted by molar-refractivity contribution is 8.26. The maximum atomic E-state index is 11.2. The predicted molar refractivity (Wildman–Crippen MR) is 56.4 cm³/mol. The lowest BCUT2D eigenvalue weighted by atomic mass is 10.2. The predicted octanol–water partition coefficient (Wildman–Crippen LogP) is 1.61. The summed E-state index contributed by atoms with van der Waals surface area (Å²) in [5.41, 5.74) is 0.392.